The van der Waals surface area contributed by atoms with E-state index in [0.717, 1.165) is 18.0 Å². The molecule has 0 aliphatic heterocycles. The zero-order chi connectivity index (χ0) is 14.8. The predicted octanol–water partition coefficient (Wildman–Crippen LogP) is 3.77. The van der Waals surface area contributed by atoms with E-state index in [4.69, 9.17) is 0 Å². The van der Waals surface area contributed by atoms with Crippen LogP contribution in [0.1, 0.15) is 36.5 Å². The molecule has 3 aromatic rings. The molecule has 0 bridgehead atoms. The van der Waals surface area contributed by atoms with Gasteiger partial charge in [-0.3, -0.25) is 0 Å². The van der Waals surface area contributed by atoms with Gasteiger partial charge in [0.15, 0.2) is 5.65 Å². The molecular weight excluding hydrogens is 260 g/mol. The quantitative estimate of drug-likeness (QED) is 0.791. The van der Waals surface area contributed by atoms with E-state index in [-0.39, 0.29) is 0 Å². The summed E-state index contributed by atoms with van der Waals surface area (Å²) in [6, 6.07) is 12.9. The van der Waals surface area contributed by atoms with Crippen LogP contribution in [0.4, 0.5) is 5.82 Å². The van der Waals surface area contributed by atoms with Crippen LogP contribution in [0.3, 0.4) is 0 Å². The van der Waals surface area contributed by atoms with E-state index in [1.54, 1.807) is 6.33 Å². The molecule has 0 unspecified atom stereocenters. The molecule has 108 valence electrons. The highest BCUT2D eigenvalue weighted by Crippen LogP contribution is 2.17. The summed E-state index contributed by atoms with van der Waals surface area (Å²) in [5.41, 5.74) is 4.67. The Morgan fingerprint density at radius 3 is 2.62 bits per heavy atom. The summed E-state index contributed by atoms with van der Waals surface area (Å²) >= 11 is 0. The van der Waals surface area contributed by atoms with Gasteiger partial charge in [0.05, 0.1) is 0 Å². The van der Waals surface area contributed by atoms with Crippen LogP contribution < -0.4 is 5.32 Å². The van der Waals surface area contributed by atoms with E-state index in [2.05, 4.69) is 66.5 Å². The minimum atomic E-state index is 0.568. The van der Waals surface area contributed by atoms with Gasteiger partial charge in [0.2, 0.25) is 0 Å². The molecule has 4 nitrogen and oxygen atoms in total. The summed E-state index contributed by atoms with van der Waals surface area (Å²) in [4.78, 5) is 4.24. The molecule has 1 N–H and O–H groups in total. The summed E-state index contributed by atoms with van der Waals surface area (Å²) < 4.78 is 1.83. The molecule has 0 aliphatic carbocycles. The van der Waals surface area contributed by atoms with Crippen LogP contribution in [0.2, 0.25) is 0 Å². The van der Waals surface area contributed by atoms with Crippen LogP contribution in [-0.4, -0.2) is 14.6 Å². The zero-order valence-electron chi connectivity index (χ0n) is 12.7. The van der Waals surface area contributed by atoms with Gasteiger partial charge in [0, 0.05) is 6.54 Å². The smallest absolute Gasteiger partial charge is 0.157 e. The van der Waals surface area contributed by atoms with E-state index in [1.165, 1.54) is 16.7 Å². The molecule has 4 heteroatoms. The van der Waals surface area contributed by atoms with E-state index in [1.807, 2.05) is 10.6 Å². The predicted molar refractivity (Wildman–Crippen MR) is 85.6 cm³/mol. The first-order chi connectivity index (χ1) is 10.1. The van der Waals surface area contributed by atoms with Gasteiger partial charge in [0.25, 0.3) is 0 Å². The number of aryl methyl sites for hydroxylation is 1. The van der Waals surface area contributed by atoms with Gasteiger partial charge in [0.1, 0.15) is 12.1 Å². The van der Waals surface area contributed by atoms with Crippen LogP contribution in [0.15, 0.2) is 42.7 Å². The maximum Gasteiger partial charge on any atom is 0.157 e. The SMILES string of the molecule is Cc1cc(NCc2ccc(C(C)C)cc2)n2ncnc2c1. The number of fused-ring (bicyclic) bond motifs is 1. The molecule has 0 saturated carbocycles. The van der Waals surface area contributed by atoms with Crippen molar-refractivity contribution in [2.45, 2.75) is 33.2 Å². The Kier molecular flexibility index (Phi) is 3.60. The Morgan fingerprint density at radius 2 is 1.90 bits per heavy atom. The van der Waals surface area contributed by atoms with Crippen LogP contribution in [0, 0.1) is 6.92 Å². The molecule has 1 aromatic carbocycles. The topological polar surface area (TPSA) is 42.2 Å². The summed E-state index contributed by atoms with van der Waals surface area (Å²) in [7, 11) is 0. The van der Waals surface area contributed by atoms with Crippen molar-refractivity contribution in [1.29, 1.82) is 0 Å². The largest absolute Gasteiger partial charge is 0.366 e. The highest BCUT2D eigenvalue weighted by molar-refractivity contribution is 5.51. The number of nitrogens with zero attached hydrogens (tertiary/aromatic N) is 3. The number of benzene rings is 1. The molecule has 2 aromatic heterocycles. The van der Waals surface area contributed by atoms with Crippen molar-refractivity contribution in [3.05, 3.63) is 59.4 Å². The van der Waals surface area contributed by atoms with Crippen LogP contribution in [0.25, 0.3) is 5.65 Å². The second-order valence-corrected chi connectivity index (χ2v) is 5.70. The van der Waals surface area contributed by atoms with Crippen molar-refractivity contribution in [2.75, 3.05) is 5.32 Å². The summed E-state index contributed by atoms with van der Waals surface area (Å²) in [5, 5.41) is 7.69. The minimum Gasteiger partial charge on any atom is -0.366 e. The first-order valence-corrected chi connectivity index (χ1v) is 7.26. The lowest BCUT2D eigenvalue weighted by molar-refractivity contribution is 0.864. The molecule has 0 spiro atoms. The number of anilines is 1. The average Bonchev–Trinajstić information content (AvgIpc) is 2.93. The van der Waals surface area contributed by atoms with E-state index in [0.29, 0.717) is 5.92 Å². The molecule has 0 aliphatic rings. The first kappa shape index (κ1) is 13.6. The zero-order valence-corrected chi connectivity index (χ0v) is 12.7. The maximum atomic E-state index is 4.25. The molecule has 0 amide bonds. The number of hydrogen-bond donors (Lipinski definition) is 1. The third-order valence-corrected chi connectivity index (χ3v) is 3.64. The number of aromatic nitrogens is 3. The van der Waals surface area contributed by atoms with E-state index < -0.39 is 0 Å². The normalized spacial score (nSPS) is 11.2. The molecular formula is C17H20N4. The first-order valence-electron chi connectivity index (χ1n) is 7.26. The lowest BCUT2D eigenvalue weighted by Gasteiger charge is -2.10. The second kappa shape index (κ2) is 5.56. The van der Waals surface area contributed by atoms with Crippen molar-refractivity contribution in [2.24, 2.45) is 0 Å². The molecule has 21 heavy (non-hydrogen) atoms. The lowest BCUT2D eigenvalue weighted by atomic mass is 10.0. The Balaban J connectivity index is 1.78. The summed E-state index contributed by atoms with van der Waals surface area (Å²) in [5.74, 6) is 1.54. The van der Waals surface area contributed by atoms with E-state index in [9.17, 15) is 0 Å². The van der Waals surface area contributed by atoms with Crippen molar-refractivity contribution in [3.63, 3.8) is 0 Å². The third kappa shape index (κ3) is 2.89. The van der Waals surface area contributed by atoms with Gasteiger partial charge >= 0.3 is 0 Å². The molecule has 0 atom stereocenters. The van der Waals surface area contributed by atoms with Crippen molar-refractivity contribution >= 4 is 11.5 Å². The van der Waals surface area contributed by atoms with Gasteiger partial charge in [-0.2, -0.15) is 9.61 Å². The molecule has 2 heterocycles. The average molecular weight is 280 g/mol. The molecule has 0 fully saturated rings. The van der Waals surface area contributed by atoms with Crippen LogP contribution in [-0.2, 0) is 6.54 Å². The number of rotatable bonds is 4. The second-order valence-electron chi connectivity index (χ2n) is 5.70. The Labute approximate surface area is 124 Å². The third-order valence-electron chi connectivity index (χ3n) is 3.64. The highest BCUT2D eigenvalue weighted by Gasteiger charge is 2.04. The van der Waals surface area contributed by atoms with Crippen LogP contribution in [0.5, 0.6) is 0 Å². The molecule has 0 radical (unpaired) electrons. The number of pyridine rings is 1. The standard InChI is InChI=1S/C17H20N4/c1-12(2)15-6-4-14(5-7-15)10-18-16-8-13(3)9-17-19-11-20-21(16)17/h4-9,11-12,18H,10H2,1-3H3. The minimum absolute atomic E-state index is 0.568. The Morgan fingerprint density at radius 1 is 1.14 bits per heavy atom. The van der Waals surface area contributed by atoms with Crippen molar-refractivity contribution in [3.8, 4) is 0 Å². The van der Waals surface area contributed by atoms with Gasteiger partial charge in [-0.05, 0) is 41.7 Å². The van der Waals surface area contributed by atoms with Gasteiger partial charge in [-0.25, -0.2) is 4.98 Å². The number of nitrogens with one attached hydrogen (secondary N) is 1. The number of hydrogen-bond acceptors (Lipinski definition) is 3. The van der Waals surface area contributed by atoms with E-state index >= 15 is 0 Å². The fraction of sp³-hybridized carbons (Fsp3) is 0.294. The van der Waals surface area contributed by atoms with Crippen molar-refractivity contribution in [1.82, 2.24) is 14.6 Å². The maximum absolute atomic E-state index is 4.25. The lowest BCUT2D eigenvalue weighted by Crippen LogP contribution is -2.05. The summed E-state index contributed by atoms with van der Waals surface area (Å²) in [6.07, 6.45) is 1.58. The molecule has 0 saturated heterocycles. The van der Waals surface area contributed by atoms with Gasteiger partial charge in [-0.1, -0.05) is 38.1 Å². The van der Waals surface area contributed by atoms with Crippen LogP contribution >= 0.6 is 0 Å². The fourth-order valence-electron chi connectivity index (χ4n) is 2.40. The van der Waals surface area contributed by atoms with Gasteiger partial charge < -0.3 is 5.32 Å². The highest BCUT2D eigenvalue weighted by atomic mass is 15.3. The van der Waals surface area contributed by atoms with Crippen molar-refractivity contribution < 1.29 is 0 Å². The Bertz CT molecular complexity index is 741. The fourth-order valence-corrected chi connectivity index (χ4v) is 2.40. The monoisotopic (exact) mass is 280 g/mol. The molecule has 3 rings (SSSR count). The Hall–Kier alpha value is -2.36. The van der Waals surface area contributed by atoms with Gasteiger partial charge in [-0.15, -0.1) is 0 Å². The summed E-state index contributed by atoms with van der Waals surface area (Å²) in [6.45, 7) is 7.26.